The Balaban J connectivity index is 3.04. The number of rotatable bonds is 1. The molecule has 0 spiro atoms. The van der Waals surface area contributed by atoms with Crippen LogP contribution in [0.5, 0.6) is 5.75 Å². The van der Waals surface area contributed by atoms with Crippen molar-refractivity contribution in [2.45, 2.75) is 0 Å². The zero-order valence-electron chi connectivity index (χ0n) is 5.73. The first-order valence-electron chi connectivity index (χ1n) is 2.89. The minimum absolute atomic E-state index is 0.638. The van der Waals surface area contributed by atoms with Crippen molar-refractivity contribution in [3.8, 4) is 5.75 Å². The van der Waals surface area contributed by atoms with Crippen LogP contribution in [0.2, 0.25) is 5.02 Å². The molecule has 2 heteroatoms. The van der Waals surface area contributed by atoms with E-state index in [0.717, 1.165) is 11.3 Å². The fraction of sp³-hybridized carbons (Fsp3) is 0.125. The lowest BCUT2D eigenvalue weighted by molar-refractivity contribution is 0.415. The molecule has 0 aliphatic carbocycles. The number of methoxy groups -OCH3 is 1. The van der Waals surface area contributed by atoms with Gasteiger partial charge >= 0.3 is 0 Å². The third kappa shape index (κ3) is 1.42. The first kappa shape index (κ1) is 7.42. The van der Waals surface area contributed by atoms with Gasteiger partial charge in [0.1, 0.15) is 5.75 Å². The molecular weight excluding hydrogens is 148 g/mol. The smallest absolute Gasteiger partial charge is 0.120 e. The highest BCUT2D eigenvalue weighted by molar-refractivity contribution is 6.31. The van der Waals surface area contributed by atoms with Crippen LogP contribution in [0, 0.1) is 6.92 Å². The molecule has 0 aromatic heterocycles. The van der Waals surface area contributed by atoms with Gasteiger partial charge in [-0.2, -0.15) is 0 Å². The molecule has 53 valence electrons. The topological polar surface area (TPSA) is 9.23 Å². The third-order valence-electron chi connectivity index (χ3n) is 1.26. The van der Waals surface area contributed by atoms with Crippen LogP contribution in [-0.4, -0.2) is 7.11 Å². The van der Waals surface area contributed by atoms with Crippen molar-refractivity contribution >= 4 is 11.6 Å². The van der Waals surface area contributed by atoms with Crippen molar-refractivity contribution in [1.29, 1.82) is 0 Å². The summed E-state index contributed by atoms with van der Waals surface area (Å²) in [7, 11) is 1.61. The van der Waals surface area contributed by atoms with Gasteiger partial charge in [0.25, 0.3) is 0 Å². The Hall–Kier alpha value is -0.690. The summed E-state index contributed by atoms with van der Waals surface area (Å²) >= 11 is 5.75. The predicted octanol–water partition coefficient (Wildman–Crippen LogP) is 2.53. The van der Waals surface area contributed by atoms with Gasteiger partial charge in [-0.25, -0.2) is 0 Å². The molecule has 0 aliphatic heterocycles. The molecule has 0 aliphatic rings. The van der Waals surface area contributed by atoms with Crippen LogP contribution < -0.4 is 4.74 Å². The zero-order valence-corrected chi connectivity index (χ0v) is 6.48. The highest BCUT2D eigenvalue weighted by Crippen LogP contribution is 2.20. The molecule has 1 rings (SSSR count). The molecule has 0 amide bonds. The zero-order chi connectivity index (χ0) is 7.56. The number of halogens is 1. The second-order valence-corrected chi connectivity index (χ2v) is 2.36. The lowest BCUT2D eigenvalue weighted by atomic mass is 10.2. The van der Waals surface area contributed by atoms with E-state index in [2.05, 4.69) is 6.92 Å². The Bertz CT molecular complexity index is 233. The second kappa shape index (κ2) is 2.93. The van der Waals surface area contributed by atoms with Gasteiger partial charge in [0, 0.05) is 5.02 Å². The maximum atomic E-state index is 5.75. The Kier molecular flexibility index (Phi) is 2.17. The predicted molar refractivity (Wildman–Crippen MR) is 42.5 cm³/mol. The minimum atomic E-state index is 0.638. The molecule has 0 atom stereocenters. The molecule has 0 bridgehead atoms. The molecule has 0 unspecified atom stereocenters. The summed E-state index contributed by atoms with van der Waals surface area (Å²) in [6.45, 7) is 3.71. The van der Waals surface area contributed by atoms with Gasteiger partial charge in [-0.1, -0.05) is 17.7 Å². The fourth-order valence-corrected chi connectivity index (χ4v) is 0.826. The van der Waals surface area contributed by atoms with E-state index in [1.807, 2.05) is 12.1 Å². The van der Waals surface area contributed by atoms with Crippen LogP contribution in [0.1, 0.15) is 5.56 Å². The monoisotopic (exact) mass is 155 g/mol. The summed E-state index contributed by atoms with van der Waals surface area (Å²) in [5.41, 5.74) is 0.822. The largest absolute Gasteiger partial charge is 0.497 e. The van der Waals surface area contributed by atoms with Gasteiger partial charge in [0.2, 0.25) is 0 Å². The van der Waals surface area contributed by atoms with Crippen molar-refractivity contribution in [3.05, 3.63) is 35.7 Å². The molecule has 1 radical (unpaired) electrons. The number of hydrogen-bond donors (Lipinski definition) is 0. The molecule has 1 aromatic carbocycles. The van der Waals surface area contributed by atoms with Crippen molar-refractivity contribution in [1.82, 2.24) is 0 Å². The van der Waals surface area contributed by atoms with Crippen molar-refractivity contribution in [3.63, 3.8) is 0 Å². The first-order chi connectivity index (χ1) is 4.74. The van der Waals surface area contributed by atoms with Gasteiger partial charge in [-0.3, -0.25) is 0 Å². The Morgan fingerprint density at radius 2 is 2.20 bits per heavy atom. The average molecular weight is 156 g/mol. The van der Waals surface area contributed by atoms with Crippen LogP contribution in [0.15, 0.2) is 18.2 Å². The Morgan fingerprint density at radius 3 is 2.70 bits per heavy atom. The van der Waals surface area contributed by atoms with E-state index in [1.165, 1.54) is 0 Å². The van der Waals surface area contributed by atoms with Crippen molar-refractivity contribution in [2.24, 2.45) is 0 Å². The van der Waals surface area contributed by atoms with Gasteiger partial charge in [-0.15, -0.1) is 0 Å². The minimum Gasteiger partial charge on any atom is -0.497 e. The van der Waals surface area contributed by atoms with E-state index in [-0.39, 0.29) is 0 Å². The van der Waals surface area contributed by atoms with Gasteiger partial charge < -0.3 is 4.74 Å². The molecule has 1 aromatic rings. The quantitative estimate of drug-likeness (QED) is 0.606. The molecule has 0 fully saturated rings. The molecule has 10 heavy (non-hydrogen) atoms. The van der Waals surface area contributed by atoms with E-state index >= 15 is 0 Å². The summed E-state index contributed by atoms with van der Waals surface area (Å²) in [5, 5.41) is 0.638. The number of ether oxygens (including phenoxy) is 1. The summed E-state index contributed by atoms with van der Waals surface area (Å²) in [6.07, 6.45) is 0. The highest BCUT2D eigenvalue weighted by atomic mass is 35.5. The molecular formula is C8H8ClO. The van der Waals surface area contributed by atoms with E-state index in [0.29, 0.717) is 5.02 Å². The molecule has 0 heterocycles. The third-order valence-corrected chi connectivity index (χ3v) is 1.61. The van der Waals surface area contributed by atoms with Gasteiger partial charge in [-0.05, 0) is 24.6 Å². The fourth-order valence-electron chi connectivity index (χ4n) is 0.655. The highest BCUT2D eigenvalue weighted by Gasteiger charge is 1.95. The normalized spacial score (nSPS) is 9.50. The van der Waals surface area contributed by atoms with E-state index in [1.54, 1.807) is 13.2 Å². The lowest BCUT2D eigenvalue weighted by Crippen LogP contribution is -1.82. The second-order valence-electron chi connectivity index (χ2n) is 1.96. The number of benzene rings is 1. The molecule has 1 nitrogen and oxygen atoms in total. The summed E-state index contributed by atoms with van der Waals surface area (Å²) in [6, 6.07) is 5.39. The van der Waals surface area contributed by atoms with E-state index < -0.39 is 0 Å². The summed E-state index contributed by atoms with van der Waals surface area (Å²) in [4.78, 5) is 0. The van der Waals surface area contributed by atoms with Crippen LogP contribution in [0.25, 0.3) is 0 Å². The molecule has 0 saturated heterocycles. The van der Waals surface area contributed by atoms with E-state index in [4.69, 9.17) is 16.3 Å². The van der Waals surface area contributed by atoms with Crippen LogP contribution in [-0.2, 0) is 0 Å². The number of hydrogen-bond acceptors (Lipinski definition) is 1. The maximum Gasteiger partial charge on any atom is 0.120 e. The standard InChI is InChI=1S/C8H8ClO/c1-6-3-4-7(10-2)5-8(6)9/h3-5H,1H2,2H3. The van der Waals surface area contributed by atoms with Crippen LogP contribution >= 0.6 is 11.6 Å². The Labute approximate surface area is 65.6 Å². The summed E-state index contributed by atoms with van der Waals surface area (Å²) < 4.78 is 4.94. The Morgan fingerprint density at radius 1 is 1.50 bits per heavy atom. The maximum absolute atomic E-state index is 5.75. The van der Waals surface area contributed by atoms with Gasteiger partial charge in [0.05, 0.1) is 7.11 Å². The summed E-state index contributed by atoms with van der Waals surface area (Å²) in [5.74, 6) is 0.761. The van der Waals surface area contributed by atoms with Crippen LogP contribution in [0.4, 0.5) is 0 Å². The lowest BCUT2D eigenvalue weighted by Gasteiger charge is -2.00. The van der Waals surface area contributed by atoms with Gasteiger partial charge in [0.15, 0.2) is 0 Å². The molecule has 0 saturated carbocycles. The SMILES string of the molecule is [CH2]c1ccc(OC)cc1Cl. The van der Waals surface area contributed by atoms with Crippen molar-refractivity contribution in [2.75, 3.05) is 7.11 Å². The average Bonchev–Trinajstić information content (AvgIpc) is 1.95. The van der Waals surface area contributed by atoms with Crippen molar-refractivity contribution < 1.29 is 4.74 Å². The van der Waals surface area contributed by atoms with E-state index in [9.17, 15) is 0 Å². The first-order valence-corrected chi connectivity index (χ1v) is 3.27. The van der Waals surface area contributed by atoms with Crippen LogP contribution in [0.3, 0.4) is 0 Å². The molecule has 0 N–H and O–H groups in total.